The van der Waals surface area contributed by atoms with Crippen LogP contribution in [0.5, 0.6) is 0 Å². The van der Waals surface area contributed by atoms with Gasteiger partial charge in [0.25, 0.3) is 0 Å². The molecule has 3 aromatic rings. The van der Waals surface area contributed by atoms with Crippen molar-refractivity contribution in [3.8, 4) is 0 Å². The Kier molecular flexibility index (Phi) is 9.68. The molecule has 3 heteroatoms. The minimum atomic E-state index is 1.03. The molecular formula is C20H25N3. The Morgan fingerprint density at radius 3 is 1.22 bits per heavy atom. The molecule has 3 heterocycles. The average Bonchev–Trinajstić information content (AvgIpc) is 2.65. The van der Waals surface area contributed by atoms with Crippen molar-refractivity contribution in [1.82, 2.24) is 15.0 Å². The predicted molar refractivity (Wildman–Crippen MR) is 96.2 cm³/mol. The van der Waals surface area contributed by atoms with Crippen molar-refractivity contribution in [2.75, 3.05) is 0 Å². The monoisotopic (exact) mass is 307 g/mol. The van der Waals surface area contributed by atoms with E-state index in [1.807, 2.05) is 73.9 Å². The summed E-state index contributed by atoms with van der Waals surface area (Å²) in [6.45, 7) is 6.17. The molecule has 120 valence electrons. The van der Waals surface area contributed by atoms with E-state index in [-0.39, 0.29) is 0 Å². The van der Waals surface area contributed by atoms with Gasteiger partial charge in [0.2, 0.25) is 0 Å². The van der Waals surface area contributed by atoms with Gasteiger partial charge < -0.3 is 0 Å². The Morgan fingerprint density at radius 1 is 0.609 bits per heavy atom. The van der Waals surface area contributed by atoms with Crippen LogP contribution in [-0.2, 0) is 12.8 Å². The van der Waals surface area contributed by atoms with Crippen LogP contribution in [0.2, 0.25) is 0 Å². The minimum absolute atomic E-state index is 1.03. The normalized spacial score (nSPS) is 9.00. The Labute approximate surface area is 139 Å². The number of nitrogens with zero attached hydrogens (tertiary/aromatic N) is 3. The highest BCUT2D eigenvalue weighted by molar-refractivity contribution is 5.03. The molecule has 0 aromatic carbocycles. The molecule has 0 aliphatic rings. The number of aromatic nitrogens is 3. The van der Waals surface area contributed by atoms with Crippen LogP contribution in [0.4, 0.5) is 0 Å². The van der Waals surface area contributed by atoms with E-state index in [1.54, 1.807) is 6.20 Å². The lowest BCUT2D eigenvalue weighted by molar-refractivity contribution is 1.04. The molecule has 3 aromatic heterocycles. The molecular weight excluding hydrogens is 282 g/mol. The van der Waals surface area contributed by atoms with Crippen molar-refractivity contribution in [2.24, 2.45) is 0 Å². The van der Waals surface area contributed by atoms with Crippen LogP contribution >= 0.6 is 0 Å². The zero-order valence-corrected chi connectivity index (χ0v) is 14.2. The maximum Gasteiger partial charge on any atom is 0.0400 e. The largest absolute Gasteiger partial charge is 0.262 e. The van der Waals surface area contributed by atoms with Crippen LogP contribution in [-0.4, -0.2) is 15.0 Å². The van der Waals surface area contributed by atoms with E-state index < -0.39 is 0 Å². The SMILES string of the molecule is CCc1ccccn1.CCc1ccccn1.Cc1ccccn1. The topological polar surface area (TPSA) is 38.7 Å². The first-order chi connectivity index (χ1) is 11.3. The molecule has 0 saturated carbocycles. The fourth-order valence-corrected chi connectivity index (χ4v) is 1.66. The fourth-order valence-electron chi connectivity index (χ4n) is 1.66. The third kappa shape index (κ3) is 9.14. The lowest BCUT2D eigenvalue weighted by atomic mass is 10.3. The van der Waals surface area contributed by atoms with E-state index >= 15 is 0 Å². The second-order valence-corrected chi connectivity index (χ2v) is 4.82. The third-order valence-corrected chi connectivity index (χ3v) is 2.99. The molecule has 0 bridgehead atoms. The molecule has 0 fully saturated rings. The number of aryl methyl sites for hydroxylation is 3. The van der Waals surface area contributed by atoms with E-state index in [0.717, 1.165) is 29.9 Å². The Hall–Kier alpha value is -2.55. The summed E-state index contributed by atoms with van der Waals surface area (Å²) in [6, 6.07) is 17.8. The van der Waals surface area contributed by atoms with Gasteiger partial charge in [-0.1, -0.05) is 32.0 Å². The summed E-state index contributed by atoms with van der Waals surface area (Å²) in [6.07, 6.45) is 7.48. The standard InChI is InChI=1S/2C7H9N.C6H7N/c2*1-2-7-5-3-4-6-8-7;1-6-4-2-3-5-7-6/h2*3-6H,2H2,1H3;2-5H,1H3. The third-order valence-electron chi connectivity index (χ3n) is 2.99. The summed E-state index contributed by atoms with van der Waals surface area (Å²) in [4.78, 5) is 12.2. The first-order valence-corrected chi connectivity index (χ1v) is 7.93. The molecule has 0 saturated heterocycles. The van der Waals surface area contributed by atoms with Gasteiger partial charge in [-0.15, -0.1) is 0 Å². The molecule has 0 unspecified atom stereocenters. The van der Waals surface area contributed by atoms with Gasteiger partial charge in [0.05, 0.1) is 0 Å². The van der Waals surface area contributed by atoms with Crippen molar-refractivity contribution < 1.29 is 0 Å². The van der Waals surface area contributed by atoms with Crippen LogP contribution in [0, 0.1) is 6.92 Å². The average molecular weight is 307 g/mol. The molecule has 0 atom stereocenters. The van der Waals surface area contributed by atoms with Crippen molar-refractivity contribution in [1.29, 1.82) is 0 Å². The van der Waals surface area contributed by atoms with Crippen LogP contribution in [0.25, 0.3) is 0 Å². The number of pyridine rings is 3. The first-order valence-electron chi connectivity index (χ1n) is 7.93. The molecule has 0 amide bonds. The summed E-state index contributed by atoms with van der Waals surface area (Å²) in [5.74, 6) is 0. The Morgan fingerprint density at radius 2 is 1.04 bits per heavy atom. The van der Waals surface area contributed by atoms with Crippen molar-refractivity contribution >= 4 is 0 Å². The molecule has 0 spiro atoms. The highest BCUT2D eigenvalue weighted by atomic mass is 14.7. The first kappa shape index (κ1) is 18.5. The summed E-state index contributed by atoms with van der Waals surface area (Å²) < 4.78 is 0. The second kappa shape index (κ2) is 12.0. The summed E-state index contributed by atoms with van der Waals surface area (Å²) in [7, 11) is 0. The molecule has 23 heavy (non-hydrogen) atoms. The summed E-state index contributed by atoms with van der Waals surface area (Å²) in [5.41, 5.74) is 3.39. The lowest BCUT2D eigenvalue weighted by Gasteiger charge is -1.88. The highest BCUT2D eigenvalue weighted by Crippen LogP contribution is 1.92. The zero-order chi connectivity index (χ0) is 16.8. The van der Waals surface area contributed by atoms with Gasteiger partial charge in [-0.05, 0) is 56.2 Å². The van der Waals surface area contributed by atoms with E-state index in [9.17, 15) is 0 Å². The number of rotatable bonds is 2. The predicted octanol–water partition coefficient (Wildman–Crippen LogP) is 4.68. The van der Waals surface area contributed by atoms with Gasteiger partial charge in [-0.25, -0.2) is 0 Å². The van der Waals surface area contributed by atoms with Crippen LogP contribution < -0.4 is 0 Å². The quantitative estimate of drug-likeness (QED) is 0.690. The van der Waals surface area contributed by atoms with Crippen molar-refractivity contribution in [2.45, 2.75) is 33.6 Å². The fraction of sp³-hybridized carbons (Fsp3) is 0.250. The van der Waals surface area contributed by atoms with Gasteiger partial charge in [0, 0.05) is 35.7 Å². The molecule has 0 aliphatic carbocycles. The number of hydrogen-bond acceptors (Lipinski definition) is 3. The van der Waals surface area contributed by atoms with Crippen LogP contribution in [0.3, 0.4) is 0 Å². The summed E-state index contributed by atoms with van der Waals surface area (Å²) in [5, 5.41) is 0. The van der Waals surface area contributed by atoms with Crippen molar-refractivity contribution in [3.05, 3.63) is 90.3 Å². The molecule has 3 nitrogen and oxygen atoms in total. The molecule has 0 aliphatic heterocycles. The van der Waals surface area contributed by atoms with Gasteiger partial charge in [-0.3, -0.25) is 15.0 Å². The van der Waals surface area contributed by atoms with Gasteiger partial charge >= 0.3 is 0 Å². The van der Waals surface area contributed by atoms with Gasteiger partial charge in [-0.2, -0.15) is 0 Å². The van der Waals surface area contributed by atoms with Crippen LogP contribution in [0.15, 0.2) is 73.2 Å². The maximum atomic E-state index is 4.10. The van der Waals surface area contributed by atoms with Crippen LogP contribution in [0.1, 0.15) is 30.9 Å². The maximum absolute atomic E-state index is 4.10. The van der Waals surface area contributed by atoms with E-state index in [2.05, 4.69) is 28.8 Å². The van der Waals surface area contributed by atoms with Gasteiger partial charge in [0.15, 0.2) is 0 Å². The smallest absolute Gasteiger partial charge is 0.0400 e. The number of hydrogen-bond donors (Lipinski definition) is 0. The van der Waals surface area contributed by atoms with E-state index in [4.69, 9.17) is 0 Å². The Bertz CT molecular complexity index is 571. The van der Waals surface area contributed by atoms with Crippen molar-refractivity contribution in [3.63, 3.8) is 0 Å². The Balaban J connectivity index is 0.000000173. The van der Waals surface area contributed by atoms with E-state index in [0.29, 0.717) is 0 Å². The highest BCUT2D eigenvalue weighted by Gasteiger charge is 1.82. The minimum Gasteiger partial charge on any atom is -0.262 e. The van der Waals surface area contributed by atoms with E-state index in [1.165, 1.54) is 0 Å². The summed E-state index contributed by atoms with van der Waals surface area (Å²) >= 11 is 0. The second-order valence-electron chi connectivity index (χ2n) is 4.82. The molecule has 0 N–H and O–H groups in total. The van der Waals surface area contributed by atoms with Gasteiger partial charge in [0.1, 0.15) is 0 Å². The molecule has 3 rings (SSSR count). The lowest BCUT2D eigenvalue weighted by Crippen LogP contribution is -1.81. The zero-order valence-electron chi connectivity index (χ0n) is 14.2. The molecule has 0 radical (unpaired) electrons.